The average molecular weight is 433 g/mol. The van der Waals surface area contributed by atoms with Crippen LogP contribution in [0, 0.1) is 0 Å². The van der Waals surface area contributed by atoms with Crippen LogP contribution in [0.2, 0.25) is 10.0 Å². The summed E-state index contributed by atoms with van der Waals surface area (Å²) in [5, 5.41) is 0.468. The van der Waals surface area contributed by atoms with Gasteiger partial charge >= 0.3 is 0 Å². The van der Waals surface area contributed by atoms with Crippen LogP contribution in [0.4, 0.5) is 0 Å². The third-order valence-electron chi connectivity index (χ3n) is 3.74. The molecular formula is C14H20Cl3N3O4S. The fourth-order valence-corrected chi connectivity index (χ4v) is 4.23. The van der Waals surface area contributed by atoms with Crippen molar-refractivity contribution in [3.63, 3.8) is 0 Å². The second kappa shape index (κ2) is 9.36. The number of piperazine rings is 1. The van der Waals surface area contributed by atoms with E-state index in [2.05, 4.69) is 0 Å². The first-order valence-corrected chi connectivity index (χ1v) is 9.45. The first-order valence-electron chi connectivity index (χ1n) is 7.26. The van der Waals surface area contributed by atoms with Gasteiger partial charge in [0.05, 0.1) is 21.5 Å². The molecule has 0 aliphatic carbocycles. The molecule has 25 heavy (non-hydrogen) atoms. The van der Waals surface area contributed by atoms with E-state index in [9.17, 15) is 13.2 Å². The molecule has 1 heterocycles. The molecule has 1 atom stereocenters. The van der Waals surface area contributed by atoms with Gasteiger partial charge in [0, 0.05) is 33.3 Å². The van der Waals surface area contributed by atoms with Crippen LogP contribution in [-0.2, 0) is 19.6 Å². The summed E-state index contributed by atoms with van der Waals surface area (Å²) in [4.78, 5) is 13.7. The van der Waals surface area contributed by atoms with Crippen molar-refractivity contribution in [2.75, 3.05) is 39.9 Å². The van der Waals surface area contributed by atoms with Crippen molar-refractivity contribution in [3.05, 3.63) is 28.2 Å². The number of benzene rings is 1. The number of nitrogens with zero attached hydrogens (tertiary/aromatic N) is 2. The molecule has 7 nitrogen and oxygen atoms in total. The van der Waals surface area contributed by atoms with Crippen molar-refractivity contribution in [1.82, 2.24) is 9.21 Å². The maximum atomic E-state index is 12.6. The Kier molecular flexibility index (Phi) is 8.40. The van der Waals surface area contributed by atoms with Gasteiger partial charge in [-0.1, -0.05) is 23.2 Å². The molecule has 0 aromatic heterocycles. The van der Waals surface area contributed by atoms with E-state index in [1.165, 1.54) is 29.6 Å². The lowest BCUT2D eigenvalue weighted by Crippen LogP contribution is -2.55. The Balaban J connectivity index is 0.00000312. The zero-order valence-corrected chi connectivity index (χ0v) is 16.7. The second-order valence-electron chi connectivity index (χ2n) is 5.37. The topological polar surface area (TPSA) is 92.9 Å². The minimum Gasteiger partial charge on any atom is -0.383 e. The Morgan fingerprint density at radius 3 is 2.36 bits per heavy atom. The number of halogens is 3. The van der Waals surface area contributed by atoms with Crippen LogP contribution in [0.5, 0.6) is 0 Å². The number of nitrogens with two attached hydrogens (primary N) is 1. The number of carbonyl (C=O) groups excluding carboxylic acids is 1. The minimum absolute atomic E-state index is 0. The molecule has 1 fully saturated rings. The Bertz CT molecular complexity index is 709. The highest BCUT2D eigenvalue weighted by Crippen LogP contribution is 2.27. The van der Waals surface area contributed by atoms with E-state index >= 15 is 0 Å². The van der Waals surface area contributed by atoms with Crippen LogP contribution < -0.4 is 5.73 Å². The van der Waals surface area contributed by atoms with Gasteiger partial charge in [-0.05, 0) is 18.2 Å². The highest BCUT2D eigenvalue weighted by molar-refractivity contribution is 7.89. The van der Waals surface area contributed by atoms with E-state index < -0.39 is 16.1 Å². The third-order valence-corrected chi connectivity index (χ3v) is 6.38. The highest BCUT2D eigenvalue weighted by Gasteiger charge is 2.31. The predicted molar refractivity (Wildman–Crippen MR) is 98.9 cm³/mol. The quantitative estimate of drug-likeness (QED) is 0.755. The SMILES string of the molecule is COCC(N)C(=O)N1CCN(S(=O)(=O)c2ccc(Cl)c(Cl)c2)CC1.Cl. The summed E-state index contributed by atoms with van der Waals surface area (Å²) in [5.41, 5.74) is 5.73. The van der Waals surface area contributed by atoms with Crippen LogP contribution in [0.25, 0.3) is 0 Å². The smallest absolute Gasteiger partial charge is 0.243 e. The molecule has 1 aromatic carbocycles. The van der Waals surface area contributed by atoms with Gasteiger partial charge in [0.25, 0.3) is 0 Å². The number of methoxy groups -OCH3 is 1. The van der Waals surface area contributed by atoms with Gasteiger partial charge in [-0.25, -0.2) is 8.42 Å². The molecule has 0 radical (unpaired) electrons. The normalized spacial score (nSPS) is 17.0. The van der Waals surface area contributed by atoms with Crippen molar-refractivity contribution in [3.8, 4) is 0 Å². The molecule has 2 N–H and O–H groups in total. The first-order chi connectivity index (χ1) is 11.3. The van der Waals surface area contributed by atoms with Gasteiger partial charge in [0.2, 0.25) is 15.9 Å². The van der Waals surface area contributed by atoms with Gasteiger partial charge in [-0.2, -0.15) is 4.31 Å². The molecule has 1 aliphatic heterocycles. The van der Waals surface area contributed by atoms with E-state index in [4.69, 9.17) is 33.7 Å². The van der Waals surface area contributed by atoms with E-state index in [0.29, 0.717) is 0 Å². The van der Waals surface area contributed by atoms with E-state index in [1.54, 1.807) is 4.90 Å². The summed E-state index contributed by atoms with van der Waals surface area (Å²) in [7, 11) is -2.22. The first kappa shape index (κ1) is 22.4. The van der Waals surface area contributed by atoms with Crippen LogP contribution in [0.15, 0.2) is 23.1 Å². The van der Waals surface area contributed by atoms with E-state index in [0.717, 1.165) is 0 Å². The lowest BCUT2D eigenvalue weighted by molar-refractivity contribution is -0.134. The molecule has 142 valence electrons. The molecule has 11 heteroatoms. The molecule has 0 bridgehead atoms. The van der Waals surface area contributed by atoms with E-state index in [-0.39, 0.29) is 66.0 Å². The maximum absolute atomic E-state index is 12.6. The predicted octanol–water partition coefficient (Wildman–Crippen LogP) is 1.22. The van der Waals surface area contributed by atoms with Gasteiger partial charge < -0.3 is 15.4 Å². The van der Waals surface area contributed by atoms with Gasteiger partial charge in [0.1, 0.15) is 6.04 Å². The molecule has 1 unspecified atom stereocenters. The third kappa shape index (κ3) is 5.19. The summed E-state index contributed by atoms with van der Waals surface area (Å²) in [6.45, 7) is 1.05. The van der Waals surface area contributed by atoms with Crippen molar-refractivity contribution in [2.24, 2.45) is 5.73 Å². The van der Waals surface area contributed by atoms with Gasteiger partial charge in [-0.15, -0.1) is 12.4 Å². The largest absolute Gasteiger partial charge is 0.383 e. The van der Waals surface area contributed by atoms with Crippen molar-refractivity contribution in [1.29, 1.82) is 0 Å². The maximum Gasteiger partial charge on any atom is 0.243 e. The zero-order chi connectivity index (χ0) is 17.9. The molecule has 2 rings (SSSR count). The number of hydrogen-bond acceptors (Lipinski definition) is 5. The second-order valence-corrected chi connectivity index (χ2v) is 8.12. The van der Waals surface area contributed by atoms with E-state index in [1.807, 2.05) is 0 Å². The van der Waals surface area contributed by atoms with Crippen molar-refractivity contribution < 1.29 is 17.9 Å². The fourth-order valence-electron chi connectivity index (χ4n) is 2.42. The molecule has 0 spiro atoms. The number of carbonyl (C=O) groups is 1. The Labute approximate surface area is 163 Å². The van der Waals surface area contributed by atoms with Gasteiger partial charge in [-0.3, -0.25) is 4.79 Å². The van der Waals surface area contributed by atoms with Crippen molar-refractivity contribution >= 4 is 51.5 Å². The zero-order valence-electron chi connectivity index (χ0n) is 13.5. The highest BCUT2D eigenvalue weighted by atomic mass is 35.5. The summed E-state index contributed by atoms with van der Waals surface area (Å²) >= 11 is 11.7. The monoisotopic (exact) mass is 431 g/mol. The number of rotatable bonds is 5. The van der Waals surface area contributed by atoms with Gasteiger partial charge in [0.15, 0.2) is 0 Å². The van der Waals surface area contributed by atoms with Crippen LogP contribution in [-0.4, -0.2) is 69.5 Å². The number of hydrogen-bond donors (Lipinski definition) is 1. The molecule has 1 aromatic rings. The molecule has 0 saturated carbocycles. The molecule has 1 amide bonds. The Morgan fingerprint density at radius 1 is 1.24 bits per heavy atom. The summed E-state index contributed by atoms with van der Waals surface area (Å²) in [6.07, 6.45) is 0. The fraction of sp³-hybridized carbons (Fsp3) is 0.500. The average Bonchev–Trinajstić information content (AvgIpc) is 2.57. The molecule has 1 aliphatic rings. The summed E-state index contributed by atoms with van der Waals surface area (Å²) in [6, 6.07) is 3.44. The molecular weight excluding hydrogens is 413 g/mol. The summed E-state index contributed by atoms with van der Waals surface area (Å²) in [5.74, 6) is -0.247. The Hall–Kier alpha value is -0.610. The minimum atomic E-state index is -3.68. The lowest BCUT2D eigenvalue weighted by atomic mass is 10.2. The number of ether oxygens (including phenoxy) is 1. The van der Waals surface area contributed by atoms with Crippen LogP contribution in [0.3, 0.4) is 0 Å². The lowest BCUT2D eigenvalue weighted by Gasteiger charge is -2.35. The standard InChI is InChI=1S/C14H19Cl2N3O4S.ClH/c1-23-9-13(17)14(20)18-4-6-19(7-5-18)24(21,22)10-2-3-11(15)12(16)8-10;/h2-3,8,13H,4-7,9,17H2,1H3;1H. The number of amides is 1. The van der Waals surface area contributed by atoms with Crippen LogP contribution >= 0.6 is 35.6 Å². The summed E-state index contributed by atoms with van der Waals surface area (Å²) < 4.78 is 31.5. The van der Waals surface area contributed by atoms with Crippen LogP contribution in [0.1, 0.15) is 0 Å². The molecule has 1 saturated heterocycles. The number of sulfonamides is 1. The Morgan fingerprint density at radius 2 is 1.84 bits per heavy atom. The van der Waals surface area contributed by atoms with Crippen molar-refractivity contribution in [2.45, 2.75) is 10.9 Å².